The van der Waals surface area contributed by atoms with E-state index in [2.05, 4.69) is 5.43 Å². The van der Waals surface area contributed by atoms with Gasteiger partial charge in [0.15, 0.2) is 18.1 Å². The van der Waals surface area contributed by atoms with Crippen LogP contribution < -0.4 is 24.5 Å². The van der Waals surface area contributed by atoms with Crippen molar-refractivity contribution in [3.63, 3.8) is 0 Å². The Morgan fingerprint density at radius 2 is 1.75 bits per heavy atom. The fraction of sp³-hybridized carbons (Fsp3) is 0.231. The molecule has 2 heterocycles. The quantitative estimate of drug-likeness (QED) is 0.432. The monoisotopic (exact) mass is 489 g/mol. The van der Waals surface area contributed by atoms with E-state index in [0.717, 1.165) is 20.7 Å². The number of imide groups is 1. The number of nitrogens with one attached hydrogen (secondary N) is 1. The van der Waals surface area contributed by atoms with Crippen molar-refractivity contribution >= 4 is 40.1 Å². The van der Waals surface area contributed by atoms with Crippen molar-refractivity contribution in [3.05, 3.63) is 60.7 Å². The summed E-state index contributed by atoms with van der Waals surface area (Å²) in [7, 11) is 0. The Kier molecular flexibility index (Phi) is 6.16. The average Bonchev–Trinajstić information content (AvgIpc) is 3.18. The first kappa shape index (κ1) is 23.2. The fourth-order valence-corrected chi connectivity index (χ4v) is 4.21. The van der Waals surface area contributed by atoms with Crippen molar-refractivity contribution in [2.24, 2.45) is 0 Å². The highest BCUT2D eigenvalue weighted by Gasteiger charge is 2.45. The number of benzene rings is 3. The van der Waals surface area contributed by atoms with Crippen LogP contribution in [0.4, 0.5) is 5.69 Å². The average molecular weight is 489 g/mol. The van der Waals surface area contributed by atoms with E-state index in [-0.39, 0.29) is 13.0 Å². The van der Waals surface area contributed by atoms with Gasteiger partial charge in [-0.3, -0.25) is 24.6 Å². The number of ether oxygens (including phenoxy) is 3. The minimum absolute atomic E-state index is 0.279. The van der Waals surface area contributed by atoms with Crippen molar-refractivity contribution < 1.29 is 33.4 Å². The lowest BCUT2D eigenvalue weighted by atomic mass is 10.1. The molecule has 0 aliphatic carbocycles. The predicted molar refractivity (Wildman–Crippen MR) is 128 cm³/mol. The summed E-state index contributed by atoms with van der Waals surface area (Å²) in [6.07, 6.45) is -0.279. The van der Waals surface area contributed by atoms with Gasteiger partial charge >= 0.3 is 0 Å². The summed E-state index contributed by atoms with van der Waals surface area (Å²) in [5.41, 5.74) is 2.71. The number of carbonyl (C=O) groups excluding carboxylic acids is 4. The highest BCUT2D eigenvalue weighted by molar-refractivity contribution is 6.23. The third-order valence-corrected chi connectivity index (χ3v) is 5.89. The van der Waals surface area contributed by atoms with Gasteiger partial charge in [-0.15, -0.1) is 0 Å². The fourth-order valence-electron chi connectivity index (χ4n) is 4.21. The number of hydrogen-bond acceptors (Lipinski definition) is 7. The molecule has 5 rings (SSSR count). The van der Waals surface area contributed by atoms with E-state index >= 15 is 0 Å². The molecule has 1 saturated heterocycles. The summed E-state index contributed by atoms with van der Waals surface area (Å²) >= 11 is 0. The highest BCUT2D eigenvalue weighted by Crippen LogP contribution is 2.36. The van der Waals surface area contributed by atoms with E-state index in [1.165, 1.54) is 6.92 Å². The minimum atomic E-state index is -1.19. The summed E-state index contributed by atoms with van der Waals surface area (Å²) in [5.74, 6) is -0.956. The van der Waals surface area contributed by atoms with Gasteiger partial charge in [0.1, 0.15) is 25.0 Å². The Bertz CT molecular complexity index is 1370. The van der Waals surface area contributed by atoms with Crippen LogP contribution in [0.2, 0.25) is 0 Å². The van der Waals surface area contributed by atoms with Crippen LogP contribution in [0.1, 0.15) is 13.3 Å². The standard InChI is InChI=1S/C26H23N3O7/c1-16(30)29(27-24(31)15-36-20-8-6-17-4-2-3-5-18(17)12-20)21-14-25(32)28(26(21)33)19-7-9-22-23(13-19)35-11-10-34-22/h2-9,12-13,21H,10-11,14-15H2,1H3,(H,27,31). The number of anilines is 1. The van der Waals surface area contributed by atoms with Gasteiger partial charge in [0.05, 0.1) is 12.1 Å². The van der Waals surface area contributed by atoms with Crippen LogP contribution in [0.15, 0.2) is 60.7 Å². The van der Waals surface area contributed by atoms with Crippen molar-refractivity contribution in [1.29, 1.82) is 0 Å². The second-order valence-electron chi connectivity index (χ2n) is 8.34. The first-order valence-electron chi connectivity index (χ1n) is 11.4. The maximum atomic E-state index is 13.2. The number of fused-ring (bicyclic) bond motifs is 2. The Morgan fingerprint density at radius 1 is 1.00 bits per heavy atom. The molecule has 4 amide bonds. The molecule has 10 nitrogen and oxygen atoms in total. The van der Waals surface area contributed by atoms with Gasteiger partial charge in [0.25, 0.3) is 11.8 Å². The summed E-state index contributed by atoms with van der Waals surface area (Å²) in [6.45, 7) is 1.58. The van der Waals surface area contributed by atoms with Crippen LogP contribution in [0.5, 0.6) is 17.2 Å². The molecule has 3 aromatic carbocycles. The molecule has 0 saturated carbocycles. The molecule has 0 spiro atoms. The second-order valence-corrected chi connectivity index (χ2v) is 8.34. The van der Waals surface area contributed by atoms with Gasteiger partial charge < -0.3 is 14.2 Å². The molecule has 0 radical (unpaired) electrons. The van der Waals surface area contributed by atoms with E-state index in [4.69, 9.17) is 14.2 Å². The van der Waals surface area contributed by atoms with Crippen molar-refractivity contribution in [2.45, 2.75) is 19.4 Å². The van der Waals surface area contributed by atoms with Crippen LogP contribution in [-0.4, -0.2) is 54.5 Å². The van der Waals surface area contributed by atoms with Gasteiger partial charge in [-0.05, 0) is 35.0 Å². The molecule has 36 heavy (non-hydrogen) atoms. The van der Waals surface area contributed by atoms with Crippen LogP contribution in [0, 0.1) is 0 Å². The topological polar surface area (TPSA) is 114 Å². The van der Waals surface area contributed by atoms with Crippen molar-refractivity contribution in [1.82, 2.24) is 10.4 Å². The lowest BCUT2D eigenvalue weighted by Crippen LogP contribution is -2.54. The minimum Gasteiger partial charge on any atom is -0.486 e. The third-order valence-electron chi connectivity index (χ3n) is 5.89. The normalized spacial score (nSPS) is 16.7. The van der Waals surface area contributed by atoms with Crippen LogP contribution in [-0.2, 0) is 19.2 Å². The van der Waals surface area contributed by atoms with Crippen molar-refractivity contribution in [2.75, 3.05) is 24.7 Å². The number of hydrogen-bond donors (Lipinski definition) is 1. The van der Waals surface area contributed by atoms with Gasteiger partial charge in [-0.1, -0.05) is 30.3 Å². The van der Waals surface area contributed by atoms with Gasteiger partial charge in [-0.25, -0.2) is 9.91 Å². The number of rotatable bonds is 5. The zero-order chi connectivity index (χ0) is 25.2. The van der Waals surface area contributed by atoms with E-state index in [9.17, 15) is 19.2 Å². The molecule has 1 atom stereocenters. The summed E-state index contributed by atoms with van der Waals surface area (Å²) in [4.78, 5) is 51.8. The summed E-state index contributed by atoms with van der Waals surface area (Å²) in [6, 6.07) is 16.7. The van der Waals surface area contributed by atoms with E-state index in [1.807, 2.05) is 30.3 Å². The maximum absolute atomic E-state index is 13.2. The van der Waals surface area contributed by atoms with E-state index in [0.29, 0.717) is 36.1 Å². The molecule has 2 aliphatic rings. The Labute approximate surface area is 206 Å². The number of hydrazine groups is 1. The van der Waals surface area contributed by atoms with Crippen LogP contribution >= 0.6 is 0 Å². The Balaban J connectivity index is 1.26. The molecule has 184 valence electrons. The zero-order valence-electron chi connectivity index (χ0n) is 19.4. The lowest BCUT2D eigenvalue weighted by Gasteiger charge is -2.27. The molecular formula is C26H23N3O7. The molecule has 10 heteroatoms. The number of nitrogens with zero attached hydrogens (tertiary/aromatic N) is 2. The van der Waals surface area contributed by atoms with Crippen LogP contribution in [0.25, 0.3) is 10.8 Å². The maximum Gasteiger partial charge on any atom is 0.276 e. The first-order valence-corrected chi connectivity index (χ1v) is 11.4. The van der Waals surface area contributed by atoms with E-state index in [1.54, 1.807) is 30.3 Å². The molecule has 1 unspecified atom stereocenters. The van der Waals surface area contributed by atoms with Crippen molar-refractivity contribution in [3.8, 4) is 17.2 Å². The number of amides is 4. The van der Waals surface area contributed by atoms with E-state index < -0.39 is 29.7 Å². The SMILES string of the molecule is CC(=O)N(NC(=O)COc1ccc2ccccc2c1)C1CC(=O)N(c2ccc3c(c2)OCCO3)C1=O. The summed E-state index contributed by atoms with van der Waals surface area (Å²) < 4.78 is 16.6. The Hall–Kier alpha value is -4.60. The predicted octanol–water partition coefficient (Wildman–Crippen LogP) is 2.20. The third kappa shape index (κ3) is 4.52. The molecule has 3 aromatic rings. The lowest BCUT2D eigenvalue weighted by molar-refractivity contribution is -0.146. The molecule has 0 aromatic heterocycles. The zero-order valence-corrected chi connectivity index (χ0v) is 19.4. The van der Waals surface area contributed by atoms with Crippen LogP contribution in [0.3, 0.4) is 0 Å². The molecule has 1 fully saturated rings. The van der Waals surface area contributed by atoms with Gasteiger partial charge in [0, 0.05) is 13.0 Å². The highest BCUT2D eigenvalue weighted by atomic mass is 16.6. The largest absolute Gasteiger partial charge is 0.486 e. The number of carbonyl (C=O) groups is 4. The smallest absolute Gasteiger partial charge is 0.276 e. The van der Waals surface area contributed by atoms with Gasteiger partial charge in [0.2, 0.25) is 11.8 Å². The molecule has 2 aliphatic heterocycles. The summed E-state index contributed by atoms with van der Waals surface area (Å²) in [5, 5.41) is 2.86. The van der Waals surface area contributed by atoms with Gasteiger partial charge in [-0.2, -0.15) is 0 Å². The second kappa shape index (κ2) is 9.57. The first-order chi connectivity index (χ1) is 17.4. The molecular weight excluding hydrogens is 466 g/mol. The molecule has 1 N–H and O–H groups in total. The Morgan fingerprint density at radius 3 is 2.53 bits per heavy atom. The molecule has 0 bridgehead atoms.